The molecular weight excluding hydrogens is 359 g/mol. The number of pyridine rings is 1. The molecule has 0 aliphatic carbocycles. The van der Waals surface area contributed by atoms with Crippen LogP contribution in [0.25, 0.3) is 11.3 Å². The minimum Gasteiger partial charge on any atom is -0.396 e. The van der Waals surface area contributed by atoms with Crippen molar-refractivity contribution < 1.29 is 18.3 Å². The summed E-state index contributed by atoms with van der Waals surface area (Å²) < 4.78 is 41.3. The zero-order valence-corrected chi connectivity index (χ0v) is 14.1. The number of anilines is 3. The van der Waals surface area contributed by atoms with Crippen molar-refractivity contribution in [2.24, 2.45) is 0 Å². The number of hydrogen-bond acceptors (Lipinski definition) is 6. The summed E-state index contributed by atoms with van der Waals surface area (Å²) in [6.07, 6.45) is 3.63. The maximum Gasteiger partial charge on any atom is 0.225 e. The van der Waals surface area contributed by atoms with Gasteiger partial charge in [0.2, 0.25) is 5.95 Å². The Hall–Kier alpha value is -3.20. The van der Waals surface area contributed by atoms with Crippen LogP contribution in [0.3, 0.4) is 0 Å². The highest BCUT2D eigenvalue weighted by Gasteiger charge is 2.16. The highest BCUT2D eigenvalue weighted by atomic mass is 19.2. The minimum absolute atomic E-state index is 0.0120. The first kappa shape index (κ1) is 18.6. The second-order valence-corrected chi connectivity index (χ2v) is 5.55. The summed E-state index contributed by atoms with van der Waals surface area (Å²) in [4.78, 5) is 12.4. The third-order valence-electron chi connectivity index (χ3n) is 3.62. The number of hydrogen-bond donors (Lipinski definition) is 3. The summed E-state index contributed by atoms with van der Waals surface area (Å²) in [5.74, 6) is -3.20. The SMILES string of the molecule is OCCCNc1nc(Nc2c(F)ccc(F)c2F)cc(-c2ccncc2)n1. The van der Waals surface area contributed by atoms with Crippen LogP contribution in [0.15, 0.2) is 42.7 Å². The molecule has 9 heteroatoms. The van der Waals surface area contributed by atoms with Gasteiger partial charge < -0.3 is 15.7 Å². The molecule has 0 bridgehead atoms. The number of benzene rings is 1. The van der Waals surface area contributed by atoms with Gasteiger partial charge in [-0.2, -0.15) is 4.98 Å². The van der Waals surface area contributed by atoms with Crippen LogP contribution in [0.5, 0.6) is 0 Å². The van der Waals surface area contributed by atoms with Gasteiger partial charge in [-0.1, -0.05) is 0 Å². The van der Waals surface area contributed by atoms with Crippen LogP contribution >= 0.6 is 0 Å². The Morgan fingerprint density at radius 3 is 2.44 bits per heavy atom. The normalized spacial score (nSPS) is 10.7. The van der Waals surface area contributed by atoms with E-state index in [0.29, 0.717) is 30.3 Å². The first-order valence-electron chi connectivity index (χ1n) is 8.13. The Morgan fingerprint density at radius 2 is 1.70 bits per heavy atom. The number of aromatic nitrogens is 3. The molecule has 140 valence electrons. The summed E-state index contributed by atoms with van der Waals surface area (Å²) in [7, 11) is 0. The van der Waals surface area contributed by atoms with E-state index in [1.807, 2.05) is 0 Å². The lowest BCUT2D eigenvalue weighted by atomic mass is 10.2. The zero-order chi connectivity index (χ0) is 19.2. The standard InChI is InChI=1S/C18H16F3N5O/c19-12-2-3-13(20)17(16(12)21)25-15-10-14(11-4-7-22-8-5-11)24-18(26-15)23-6-1-9-27/h2-5,7-8,10,27H,1,6,9H2,(H2,23,24,25,26). The van der Waals surface area contributed by atoms with E-state index in [1.54, 1.807) is 24.5 Å². The van der Waals surface area contributed by atoms with E-state index >= 15 is 0 Å². The van der Waals surface area contributed by atoms with Crippen LogP contribution < -0.4 is 10.6 Å². The average Bonchev–Trinajstić information content (AvgIpc) is 2.69. The average molecular weight is 375 g/mol. The van der Waals surface area contributed by atoms with Crippen molar-refractivity contribution in [2.45, 2.75) is 6.42 Å². The van der Waals surface area contributed by atoms with Gasteiger partial charge in [-0.3, -0.25) is 4.98 Å². The fourth-order valence-electron chi connectivity index (χ4n) is 2.31. The molecule has 0 amide bonds. The predicted octanol–water partition coefficient (Wildman–Crippen LogP) is 3.49. The first-order chi connectivity index (χ1) is 13.1. The van der Waals surface area contributed by atoms with Gasteiger partial charge in [-0.15, -0.1) is 0 Å². The number of halogens is 3. The monoisotopic (exact) mass is 375 g/mol. The zero-order valence-electron chi connectivity index (χ0n) is 14.1. The topological polar surface area (TPSA) is 83.0 Å². The van der Waals surface area contributed by atoms with E-state index in [0.717, 1.165) is 6.07 Å². The van der Waals surface area contributed by atoms with Gasteiger partial charge >= 0.3 is 0 Å². The maximum absolute atomic E-state index is 13.9. The number of aliphatic hydroxyl groups is 1. The molecule has 0 unspecified atom stereocenters. The van der Waals surface area contributed by atoms with E-state index in [2.05, 4.69) is 25.6 Å². The highest BCUT2D eigenvalue weighted by molar-refractivity contribution is 5.67. The molecule has 0 saturated carbocycles. The number of nitrogens with one attached hydrogen (secondary N) is 2. The van der Waals surface area contributed by atoms with Crippen molar-refractivity contribution in [1.82, 2.24) is 15.0 Å². The molecule has 1 aromatic carbocycles. The fourth-order valence-corrected chi connectivity index (χ4v) is 2.31. The lowest BCUT2D eigenvalue weighted by Crippen LogP contribution is -2.09. The molecule has 2 aromatic heterocycles. The van der Waals surface area contributed by atoms with Crippen LogP contribution in [-0.2, 0) is 0 Å². The summed E-state index contributed by atoms with van der Waals surface area (Å²) in [5.41, 5.74) is 0.537. The van der Waals surface area contributed by atoms with Gasteiger partial charge in [-0.25, -0.2) is 18.2 Å². The van der Waals surface area contributed by atoms with E-state index in [9.17, 15) is 13.2 Å². The Balaban J connectivity index is 1.99. The summed E-state index contributed by atoms with van der Waals surface area (Å²) in [6.45, 7) is 0.389. The largest absolute Gasteiger partial charge is 0.396 e. The van der Waals surface area contributed by atoms with Crippen molar-refractivity contribution in [3.63, 3.8) is 0 Å². The summed E-state index contributed by atoms with van der Waals surface area (Å²) >= 11 is 0. The van der Waals surface area contributed by atoms with E-state index in [-0.39, 0.29) is 18.4 Å². The van der Waals surface area contributed by atoms with Gasteiger partial charge in [0, 0.05) is 37.2 Å². The molecule has 0 atom stereocenters. The highest BCUT2D eigenvalue weighted by Crippen LogP contribution is 2.27. The maximum atomic E-state index is 13.9. The Bertz CT molecular complexity index is 924. The Kier molecular flexibility index (Phi) is 5.82. The minimum atomic E-state index is -1.34. The second-order valence-electron chi connectivity index (χ2n) is 5.55. The molecule has 3 aromatic rings. The number of rotatable bonds is 7. The molecule has 3 N–H and O–H groups in total. The van der Waals surface area contributed by atoms with E-state index < -0.39 is 23.1 Å². The molecule has 0 aliphatic rings. The van der Waals surface area contributed by atoms with Crippen LogP contribution in [0.2, 0.25) is 0 Å². The quantitative estimate of drug-likeness (QED) is 0.433. The Morgan fingerprint density at radius 1 is 0.963 bits per heavy atom. The van der Waals surface area contributed by atoms with Crippen LogP contribution in [0.4, 0.5) is 30.6 Å². The molecule has 27 heavy (non-hydrogen) atoms. The van der Waals surface area contributed by atoms with Crippen molar-refractivity contribution in [2.75, 3.05) is 23.8 Å². The van der Waals surface area contributed by atoms with Crippen LogP contribution in [0, 0.1) is 17.5 Å². The van der Waals surface area contributed by atoms with Crippen molar-refractivity contribution >= 4 is 17.5 Å². The molecule has 3 rings (SSSR count). The molecular formula is C18H16F3N5O. The summed E-state index contributed by atoms with van der Waals surface area (Å²) in [6, 6.07) is 6.45. The third-order valence-corrected chi connectivity index (χ3v) is 3.62. The number of nitrogens with zero attached hydrogens (tertiary/aromatic N) is 3. The number of aliphatic hydroxyl groups excluding tert-OH is 1. The van der Waals surface area contributed by atoms with Gasteiger partial charge in [0.05, 0.1) is 5.69 Å². The van der Waals surface area contributed by atoms with E-state index in [1.165, 1.54) is 6.07 Å². The van der Waals surface area contributed by atoms with Gasteiger partial charge in [0.1, 0.15) is 17.3 Å². The van der Waals surface area contributed by atoms with Crippen molar-refractivity contribution in [3.05, 3.63) is 60.2 Å². The lowest BCUT2D eigenvalue weighted by molar-refractivity contribution is 0.292. The van der Waals surface area contributed by atoms with Gasteiger partial charge in [0.15, 0.2) is 11.6 Å². The predicted molar refractivity (Wildman–Crippen MR) is 95.1 cm³/mol. The first-order valence-corrected chi connectivity index (χ1v) is 8.13. The molecule has 0 radical (unpaired) electrons. The third kappa shape index (κ3) is 4.50. The fraction of sp³-hybridized carbons (Fsp3) is 0.167. The molecule has 0 saturated heterocycles. The Labute approximate surface area is 153 Å². The van der Waals surface area contributed by atoms with Gasteiger partial charge in [-0.05, 0) is 30.7 Å². The molecule has 0 spiro atoms. The van der Waals surface area contributed by atoms with Crippen molar-refractivity contribution in [1.29, 1.82) is 0 Å². The van der Waals surface area contributed by atoms with Crippen LogP contribution in [-0.4, -0.2) is 33.2 Å². The van der Waals surface area contributed by atoms with E-state index in [4.69, 9.17) is 5.11 Å². The van der Waals surface area contributed by atoms with Crippen molar-refractivity contribution in [3.8, 4) is 11.3 Å². The molecule has 0 aliphatic heterocycles. The van der Waals surface area contributed by atoms with Gasteiger partial charge in [0.25, 0.3) is 0 Å². The molecule has 6 nitrogen and oxygen atoms in total. The molecule has 2 heterocycles. The smallest absolute Gasteiger partial charge is 0.225 e. The molecule has 0 fully saturated rings. The summed E-state index contributed by atoms with van der Waals surface area (Å²) in [5, 5.41) is 14.3. The second kappa shape index (κ2) is 8.45. The lowest BCUT2D eigenvalue weighted by Gasteiger charge is -2.12. The van der Waals surface area contributed by atoms with Crippen LogP contribution in [0.1, 0.15) is 6.42 Å².